The van der Waals surface area contributed by atoms with Crippen molar-refractivity contribution in [2.24, 2.45) is 10.9 Å². The lowest BCUT2D eigenvalue weighted by Crippen LogP contribution is -2.59. The maximum atomic E-state index is 11.6. The smallest absolute Gasteiger partial charge is 0.303 e. The molecule has 5 atom stereocenters. The Morgan fingerprint density at radius 2 is 1.68 bits per heavy atom. The van der Waals surface area contributed by atoms with Gasteiger partial charge in [0.2, 0.25) is 0 Å². The molecule has 0 N–H and O–H groups in total. The zero-order valence-corrected chi connectivity index (χ0v) is 15.7. The van der Waals surface area contributed by atoms with Crippen molar-refractivity contribution in [1.82, 2.24) is 0 Å². The molecule has 0 radical (unpaired) electrons. The van der Waals surface area contributed by atoms with Crippen molar-refractivity contribution in [3.63, 3.8) is 0 Å². The second kappa shape index (κ2) is 8.18. The molecule has 1 fully saturated rings. The van der Waals surface area contributed by atoms with Gasteiger partial charge in [0, 0.05) is 26.7 Å². The number of hydrogen-bond donors (Lipinski definition) is 0. The average Bonchev–Trinajstić information content (AvgIpc) is 2.91. The molecule has 2 aliphatic rings. The molecule has 0 unspecified atom stereocenters. The van der Waals surface area contributed by atoms with E-state index in [1.807, 2.05) is 13.8 Å². The van der Waals surface area contributed by atoms with Gasteiger partial charge in [0.05, 0.1) is 5.04 Å². The minimum atomic E-state index is -0.905. The maximum absolute atomic E-state index is 11.6. The number of rotatable bonds is 5. The number of ether oxygens (including phenoxy) is 4. The van der Waals surface area contributed by atoms with Crippen LogP contribution in [0.2, 0.25) is 0 Å². The van der Waals surface area contributed by atoms with Crippen molar-refractivity contribution in [3.05, 3.63) is 0 Å². The Balaban J connectivity index is 2.30. The molecule has 0 aliphatic carbocycles. The fourth-order valence-corrected chi connectivity index (χ4v) is 3.95. The molecule has 0 amide bonds. The summed E-state index contributed by atoms with van der Waals surface area (Å²) in [6, 6.07) is -0.482. The molecule has 0 aromatic rings. The molecular weight excluding hydrogens is 350 g/mol. The van der Waals surface area contributed by atoms with Gasteiger partial charge >= 0.3 is 17.9 Å². The molecule has 0 saturated carbocycles. The normalized spacial score (nSPS) is 31.1. The fourth-order valence-electron chi connectivity index (χ4n) is 2.70. The van der Waals surface area contributed by atoms with E-state index in [0.29, 0.717) is 0 Å². The Morgan fingerprint density at radius 1 is 1.08 bits per heavy atom. The number of thioether (sulfide) groups is 1. The molecule has 8 nitrogen and oxygen atoms in total. The number of aliphatic imine (C=N–C) groups is 1. The first-order chi connectivity index (χ1) is 11.7. The molecule has 2 heterocycles. The number of carbonyl (C=O) groups is 3. The van der Waals surface area contributed by atoms with Crippen LogP contribution in [0.5, 0.6) is 0 Å². The summed E-state index contributed by atoms with van der Waals surface area (Å²) in [5, 5.41) is 0.877. The van der Waals surface area contributed by atoms with E-state index in [9.17, 15) is 14.4 Å². The van der Waals surface area contributed by atoms with Crippen molar-refractivity contribution in [2.75, 3.05) is 6.61 Å². The highest BCUT2D eigenvalue weighted by atomic mass is 32.2. The van der Waals surface area contributed by atoms with Crippen LogP contribution in [-0.2, 0) is 33.3 Å². The van der Waals surface area contributed by atoms with Gasteiger partial charge in [0.1, 0.15) is 24.2 Å². The van der Waals surface area contributed by atoms with Crippen LogP contribution < -0.4 is 0 Å². The zero-order valence-electron chi connectivity index (χ0n) is 14.9. The van der Waals surface area contributed by atoms with E-state index in [2.05, 4.69) is 4.99 Å². The highest BCUT2D eigenvalue weighted by Crippen LogP contribution is 2.40. The molecule has 25 heavy (non-hydrogen) atoms. The van der Waals surface area contributed by atoms with Gasteiger partial charge in [-0.05, 0) is 0 Å². The minimum Gasteiger partial charge on any atom is -0.463 e. The van der Waals surface area contributed by atoms with Gasteiger partial charge in [-0.1, -0.05) is 25.6 Å². The van der Waals surface area contributed by atoms with Crippen LogP contribution in [0.4, 0.5) is 0 Å². The van der Waals surface area contributed by atoms with Gasteiger partial charge < -0.3 is 18.9 Å². The topological polar surface area (TPSA) is 100 Å². The van der Waals surface area contributed by atoms with Gasteiger partial charge in [-0.15, -0.1) is 0 Å². The van der Waals surface area contributed by atoms with Gasteiger partial charge in [-0.2, -0.15) is 0 Å². The van der Waals surface area contributed by atoms with Crippen LogP contribution in [0.15, 0.2) is 4.99 Å². The highest BCUT2D eigenvalue weighted by Gasteiger charge is 2.53. The summed E-state index contributed by atoms with van der Waals surface area (Å²) < 4.78 is 21.8. The number of fused-ring (bicyclic) bond motifs is 1. The molecule has 140 valence electrons. The summed E-state index contributed by atoms with van der Waals surface area (Å²) in [6.45, 7) is 7.72. The van der Waals surface area contributed by atoms with Gasteiger partial charge in [-0.25, -0.2) is 0 Å². The van der Waals surface area contributed by atoms with E-state index in [1.165, 1.54) is 32.5 Å². The van der Waals surface area contributed by atoms with Crippen molar-refractivity contribution in [3.8, 4) is 0 Å². The lowest BCUT2D eigenvalue weighted by atomic mass is 9.97. The monoisotopic (exact) mass is 373 g/mol. The van der Waals surface area contributed by atoms with E-state index in [1.54, 1.807) is 0 Å². The number of carbonyl (C=O) groups excluding carboxylic acids is 3. The molecule has 1 saturated heterocycles. The third-order valence-corrected chi connectivity index (χ3v) is 5.12. The molecule has 0 bridgehead atoms. The summed E-state index contributed by atoms with van der Waals surface area (Å²) in [5.74, 6) is -1.34. The standard InChI is InChI=1S/C16H23NO7S/c1-7(2)15-17-12-14(23-10(5)20)13(22-9(4)19)11(6-21-8(3)18)24-16(12)25-15/h7,11-14,16H,6H2,1-5H3/t11-,12-,13-,14-,16-/m1/s1. The van der Waals surface area contributed by atoms with Crippen LogP contribution in [-0.4, -0.2) is 59.3 Å². The summed E-state index contributed by atoms with van der Waals surface area (Å²) in [7, 11) is 0. The molecule has 0 aromatic heterocycles. The highest BCUT2D eigenvalue weighted by molar-refractivity contribution is 8.14. The van der Waals surface area contributed by atoms with Crippen LogP contribution in [0, 0.1) is 5.92 Å². The van der Waals surface area contributed by atoms with Crippen LogP contribution >= 0.6 is 11.8 Å². The van der Waals surface area contributed by atoms with E-state index in [-0.39, 0.29) is 12.5 Å². The Labute approximate surface area is 150 Å². The van der Waals surface area contributed by atoms with E-state index in [4.69, 9.17) is 18.9 Å². The van der Waals surface area contributed by atoms with Crippen LogP contribution in [0.3, 0.4) is 0 Å². The van der Waals surface area contributed by atoms with E-state index < -0.39 is 47.7 Å². The average molecular weight is 373 g/mol. The fraction of sp³-hybridized carbons (Fsp3) is 0.750. The first kappa shape index (κ1) is 19.7. The van der Waals surface area contributed by atoms with Crippen LogP contribution in [0.1, 0.15) is 34.6 Å². The Morgan fingerprint density at radius 3 is 2.20 bits per heavy atom. The number of nitrogens with zero attached hydrogens (tertiary/aromatic N) is 1. The van der Waals surface area contributed by atoms with Crippen molar-refractivity contribution < 1.29 is 33.3 Å². The molecule has 9 heteroatoms. The zero-order chi connectivity index (χ0) is 18.7. The third kappa shape index (κ3) is 4.94. The predicted octanol–water partition coefficient (Wildman–Crippen LogP) is 1.31. The third-order valence-electron chi connectivity index (χ3n) is 3.68. The van der Waals surface area contributed by atoms with E-state index in [0.717, 1.165) is 5.04 Å². The Kier molecular flexibility index (Phi) is 6.45. The first-order valence-corrected chi connectivity index (χ1v) is 8.94. The summed E-state index contributed by atoms with van der Waals surface area (Å²) in [5.41, 5.74) is -0.394. The summed E-state index contributed by atoms with van der Waals surface area (Å²) in [6.07, 6.45) is -2.45. The SMILES string of the molecule is CC(=O)OC[C@H]1O[C@@H]2SC(C(C)C)=N[C@@H]2[C@@H](OC(C)=O)[C@@H]1OC(C)=O. The van der Waals surface area contributed by atoms with Gasteiger partial charge in [0.25, 0.3) is 0 Å². The largest absolute Gasteiger partial charge is 0.463 e. The lowest BCUT2D eigenvalue weighted by Gasteiger charge is -2.41. The molecule has 2 aliphatic heterocycles. The Bertz CT molecular complexity index is 577. The molecule has 0 aromatic carbocycles. The quantitative estimate of drug-likeness (QED) is 0.525. The van der Waals surface area contributed by atoms with Crippen LogP contribution in [0.25, 0.3) is 0 Å². The second-order valence-electron chi connectivity index (χ2n) is 6.22. The van der Waals surface area contributed by atoms with Crippen molar-refractivity contribution >= 4 is 34.7 Å². The molecule has 2 rings (SSSR count). The second-order valence-corrected chi connectivity index (χ2v) is 7.34. The van der Waals surface area contributed by atoms with Crippen molar-refractivity contribution in [2.45, 2.75) is 64.4 Å². The predicted molar refractivity (Wildman–Crippen MR) is 90.1 cm³/mol. The van der Waals surface area contributed by atoms with Crippen molar-refractivity contribution in [1.29, 1.82) is 0 Å². The maximum Gasteiger partial charge on any atom is 0.303 e. The molecular formula is C16H23NO7S. The lowest BCUT2D eigenvalue weighted by molar-refractivity contribution is -0.208. The van der Waals surface area contributed by atoms with E-state index >= 15 is 0 Å². The first-order valence-electron chi connectivity index (χ1n) is 8.06. The summed E-state index contributed by atoms with van der Waals surface area (Å²) in [4.78, 5) is 38.9. The number of hydrogen-bond acceptors (Lipinski definition) is 9. The summed E-state index contributed by atoms with van der Waals surface area (Å²) >= 11 is 1.45. The minimum absolute atomic E-state index is 0.105. The molecule has 0 spiro atoms. The Hall–Kier alpha value is -1.61. The van der Waals surface area contributed by atoms with Gasteiger partial charge in [-0.3, -0.25) is 19.4 Å². The van der Waals surface area contributed by atoms with Gasteiger partial charge in [0.15, 0.2) is 12.2 Å². The number of esters is 3.